The second-order valence-electron chi connectivity index (χ2n) is 13.2. The van der Waals surface area contributed by atoms with Gasteiger partial charge in [-0.2, -0.15) is 0 Å². The van der Waals surface area contributed by atoms with Crippen LogP contribution in [0.25, 0.3) is 88.4 Å². The molecule has 0 radical (unpaired) electrons. The topological polar surface area (TPSA) is 28.3 Å². The molecular formula is C54H33BN2O2. The van der Waals surface area contributed by atoms with Gasteiger partial charge in [-0.15, -0.1) is 0 Å². The molecule has 0 fully saturated rings. The molecule has 9 aromatic carbocycles. The summed E-state index contributed by atoms with van der Waals surface area (Å²) in [5.74, 6) is -1.81. The van der Waals surface area contributed by atoms with Gasteiger partial charge in [0, 0.05) is 49.2 Å². The largest absolute Gasteiger partial charge is 0.551 e. The van der Waals surface area contributed by atoms with E-state index in [-0.39, 0.29) is 16.6 Å². The molecule has 0 saturated heterocycles. The summed E-state index contributed by atoms with van der Waals surface area (Å²) in [6, 6.07) is -25.2. The third-order valence-corrected chi connectivity index (χ3v) is 10.2. The van der Waals surface area contributed by atoms with Gasteiger partial charge in [-0.25, -0.2) is 0 Å². The number of ether oxygens (including phenoxy) is 1. The molecule has 11 aromatic rings. The highest BCUT2D eigenvalue weighted by molar-refractivity contribution is 6.84. The number of fused-ring (bicyclic) bond motifs is 10. The lowest BCUT2D eigenvalue weighted by Crippen LogP contribution is -2.53. The fourth-order valence-corrected chi connectivity index (χ4v) is 7.82. The lowest BCUT2D eigenvalue weighted by molar-refractivity contribution is 0.480. The first kappa shape index (κ1) is 14.6. The van der Waals surface area contributed by atoms with Crippen LogP contribution < -0.4 is 20.3 Å². The van der Waals surface area contributed by atoms with Gasteiger partial charge >= 0.3 is 6.92 Å². The van der Waals surface area contributed by atoms with Gasteiger partial charge in [0.2, 0.25) is 0 Å². The predicted molar refractivity (Wildman–Crippen MR) is 244 cm³/mol. The molecule has 4 nitrogen and oxygen atoms in total. The minimum Gasteiger partial charge on any atom is -0.551 e. The molecule has 4 heterocycles. The first-order chi connectivity index (χ1) is 42.2. The zero-order valence-electron chi connectivity index (χ0n) is 60.4. The van der Waals surface area contributed by atoms with E-state index in [1.54, 1.807) is 0 Å². The number of rotatable bonds is 4. The first-order valence-electron chi connectivity index (χ1n) is 33.2. The van der Waals surface area contributed by atoms with E-state index in [4.69, 9.17) is 35.4 Å². The Bertz CT molecular complexity index is 5200. The van der Waals surface area contributed by atoms with Crippen LogP contribution in [0, 0.1) is 0 Å². The number of benzene rings is 9. The Balaban J connectivity index is 1.17. The average Bonchev–Trinajstić information content (AvgIpc) is 1.13. The Hall–Kier alpha value is -7.76. The summed E-state index contributed by atoms with van der Waals surface area (Å²) in [6.07, 6.45) is 0. The average molecular weight is 784 g/mol. The zero-order chi connectivity index (χ0) is 65.6. The minimum absolute atomic E-state index is 0.179. The fraction of sp³-hybridized carbons (Fsp3) is 0. The molecule has 13 rings (SSSR count). The molecule has 0 saturated carbocycles. The zero-order valence-corrected chi connectivity index (χ0v) is 29.4. The van der Waals surface area contributed by atoms with Crippen LogP contribution in [0.15, 0.2) is 199 Å². The van der Waals surface area contributed by atoms with Gasteiger partial charge in [-0.05, 0) is 77.2 Å². The molecule has 0 unspecified atom stereocenters. The van der Waals surface area contributed by atoms with Gasteiger partial charge in [-0.1, -0.05) is 139 Å². The van der Waals surface area contributed by atoms with E-state index in [1.165, 1.54) is 6.07 Å². The molecule has 0 spiro atoms. The van der Waals surface area contributed by atoms with Crippen LogP contribution in [-0.4, -0.2) is 16.0 Å². The van der Waals surface area contributed by atoms with Crippen LogP contribution in [0.5, 0.6) is 17.2 Å². The van der Waals surface area contributed by atoms with Crippen molar-refractivity contribution in [1.29, 1.82) is 0 Å². The molecule has 2 aromatic heterocycles. The Labute approximate surface area is 384 Å². The summed E-state index contributed by atoms with van der Waals surface area (Å²) in [5, 5.41) is -1.96. The first-order valence-corrected chi connectivity index (χ1v) is 17.7. The summed E-state index contributed by atoms with van der Waals surface area (Å²) < 4.78 is 297. The summed E-state index contributed by atoms with van der Waals surface area (Å²) in [6.45, 7) is -1.82. The molecular weight excluding hydrogens is 719 g/mol. The van der Waals surface area contributed by atoms with Gasteiger partial charge in [-0.3, -0.25) is 0 Å². The second kappa shape index (κ2) is 12.4. The Kier molecular flexibility index (Phi) is 3.05. The molecule has 0 amide bonds. The fourth-order valence-electron chi connectivity index (χ4n) is 7.82. The third kappa shape index (κ3) is 4.67. The van der Waals surface area contributed by atoms with E-state index < -0.39 is 294 Å². The maximum absolute atomic E-state index is 10.1. The maximum Gasteiger partial charge on any atom is 0.434 e. The van der Waals surface area contributed by atoms with Gasteiger partial charge < -0.3 is 18.5 Å². The van der Waals surface area contributed by atoms with Gasteiger partial charge in [0.05, 0.1) is 75.9 Å². The molecule has 0 bridgehead atoms. The standard InChI is InChI=1S/C54H33BN2O2/c1-8-22-45(56-47-24-10-3-17-38(47)39-18-4-11-25-48(39)56)36(15-1)34-29-30-44-52(32-34)58-53-33-35(31-43-42-21-7-14-28-51(42)59-55(44)54(43)53)37-16-2-9-23-46(37)57-49-26-12-5-19-40(49)41-20-6-13-27-50(41)57/h1-33H/i1D,2D,3D,4D,5D,6D,7D,8D,9D,10D,11D,12D,13D,14D,15D,16D,17D,18D,19D,20D,21D,22D,23D,24D,25D,26D,27D,28D,29D,30D,32D. The molecule has 0 aliphatic carbocycles. The monoisotopic (exact) mass is 783 g/mol. The molecule has 0 N–H and O–H groups in total. The Morgan fingerprint density at radius 1 is 0.390 bits per heavy atom. The van der Waals surface area contributed by atoms with Crippen LogP contribution >= 0.6 is 0 Å². The molecule has 59 heavy (non-hydrogen) atoms. The van der Waals surface area contributed by atoms with Crippen LogP contribution in [0.3, 0.4) is 0 Å². The van der Waals surface area contributed by atoms with Crippen LogP contribution in [0.1, 0.15) is 42.5 Å². The number of hydrogen-bond acceptors (Lipinski definition) is 2. The highest BCUT2D eigenvalue weighted by atomic mass is 16.5. The Morgan fingerprint density at radius 2 is 0.864 bits per heavy atom. The number of hydrogen-bond donors (Lipinski definition) is 0. The van der Waals surface area contributed by atoms with Crippen LogP contribution in [-0.2, 0) is 0 Å². The predicted octanol–water partition coefficient (Wildman–Crippen LogP) is 12.5. The van der Waals surface area contributed by atoms with E-state index in [9.17, 15) is 16.4 Å². The van der Waals surface area contributed by atoms with Gasteiger partial charge in [0.25, 0.3) is 0 Å². The van der Waals surface area contributed by atoms with E-state index >= 15 is 0 Å². The van der Waals surface area contributed by atoms with E-state index in [1.807, 2.05) is 0 Å². The van der Waals surface area contributed by atoms with E-state index in [0.29, 0.717) is 0 Å². The van der Waals surface area contributed by atoms with Crippen molar-refractivity contribution < 1.29 is 51.9 Å². The van der Waals surface area contributed by atoms with E-state index in [2.05, 4.69) is 0 Å². The number of para-hydroxylation sites is 7. The number of nitrogens with zero attached hydrogens (tertiary/aromatic N) is 2. The molecule has 274 valence electrons. The van der Waals surface area contributed by atoms with Gasteiger partial charge in [0.1, 0.15) is 17.2 Å². The van der Waals surface area contributed by atoms with Gasteiger partial charge in [0.15, 0.2) is 0 Å². The lowest BCUT2D eigenvalue weighted by Gasteiger charge is -2.33. The van der Waals surface area contributed by atoms with Crippen molar-refractivity contribution in [2.45, 2.75) is 0 Å². The van der Waals surface area contributed by atoms with Crippen molar-refractivity contribution in [2.24, 2.45) is 0 Å². The van der Waals surface area contributed by atoms with Crippen molar-refractivity contribution in [2.75, 3.05) is 0 Å². The van der Waals surface area contributed by atoms with Crippen molar-refractivity contribution in [3.05, 3.63) is 199 Å². The maximum atomic E-state index is 10.1. The van der Waals surface area contributed by atoms with Crippen LogP contribution in [0.2, 0.25) is 0 Å². The van der Waals surface area contributed by atoms with Crippen LogP contribution in [0.4, 0.5) is 0 Å². The molecule has 5 heteroatoms. The van der Waals surface area contributed by atoms with Crippen molar-refractivity contribution in [3.63, 3.8) is 0 Å². The Morgan fingerprint density at radius 3 is 1.44 bits per heavy atom. The summed E-state index contributed by atoms with van der Waals surface area (Å²) in [7, 11) is 0. The summed E-state index contributed by atoms with van der Waals surface area (Å²) >= 11 is 0. The molecule has 2 aliphatic rings. The van der Waals surface area contributed by atoms with E-state index in [0.717, 1.165) is 15.2 Å². The smallest absolute Gasteiger partial charge is 0.434 e. The summed E-state index contributed by atoms with van der Waals surface area (Å²) in [4.78, 5) is 0. The molecule has 0 atom stereocenters. The minimum atomic E-state index is -1.82. The number of aromatic nitrogens is 2. The lowest BCUT2D eigenvalue weighted by atomic mass is 9.50. The van der Waals surface area contributed by atoms with Crippen molar-refractivity contribution in [3.8, 4) is 62.0 Å². The highest BCUT2D eigenvalue weighted by Gasteiger charge is 2.41. The summed E-state index contributed by atoms with van der Waals surface area (Å²) in [5.41, 5.74) is -7.83. The molecule has 2 aliphatic heterocycles. The van der Waals surface area contributed by atoms with Crippen molar-refractivity contribution >= 4 is 61.5 Å². The quantitative estimate of drug-likeness (QED) is 0.166. The normalized spacial score (nSPS) is 20.0. The second-order valence-corrected chi connectivity index (χ2v) is 13.2. The third-order valence-electron chi connectivity index (χ3n) is 10.2. The SMILES string of the molecule is [2H]c1c([2H])c([2H])c2c(c1[2H])OB1c3c(cc(-c4c([2H])c([2H])c([2H])c([2H])c4-n4c5c([2H])c([2H])c([2H])c([2H])c5c5c([2H])c([2H])c([2H])c([2H])c54)cc3-2)Oc2c([2H])c(-c3c([2H])c([2H])c([2H])c([2H])c3-n3c4c([2H])c([2H])c([2H])c([2H])c4c4c([2H])c([2H])c([2H])c([2H])c43)c([2H])c([2H])c21. The van der Waals surface area contributed by atoms with Crippen molar-refractivity contribution in [1.82, 2.24) is 9.13 Å². The highest BCUT2D eigenvalue weighted by Crippen LogP contribution is 2.44.